The van der Waals surface area contributed by atoms with Crippen LogP contribution < -0.4 is 0 Å². The molecule has 0 spiro atoms. The summed E-state index contributed by atoms with van der Waals surface area (Å²) in [6.45, 7) is 0.504. The lowest BCUT2D eigenvalue weighted by Gasteiger charge is -2.27. The lowest BCUT2D eigenvalue weighted by Crippen LogP contribution is -2.21. The molecule has 2 aromatic carbocycles. The monoisotopic (exact) mass is 326 g/mol. The van der Waals surface area contributed by atoms with Gasteiger partial charge in [-0.1, -0.05) is 67.1 Å². The van der Waals surface area contributed by atoms with E-state index in [4.69, 9.17) is 5.11 Å². The van der Waals surface area contributed by atoms with Crippen LogP contribution in [0.4, 0.5) is 0 Å². The first-order chi connectivity index (χ1) is 11.8. The summed E-state index contributed by atoms with van der Waals surface area (Å²) < 4.78 is 0. The van der Waals surface area contributed by atoms with Crippen LogP contribution in [0.5, 0.6) is 0 Å². The van der Waals surface area contributed by atoms with Gasteiger partial charge in [-0.2, -0.15) is 0 Å². The smallest absolute Gasteiger partial charge is 0.0433 e. The second kappa shape index (κ2) is 11.0. The maximum Gasteiger partial charge on any atom is 0.0433 e. The Morgan fingerprint density at radius 3 is 1.54 bits per heavy atom. The summed E-state index contributed by atoms with van der Waals surface area (Å²) in [6.07, 6.45) is 5.91. The summed E-state index contributed by atoms with van der Waals surface area (Å²) in [5.41, 5.74) is 2.71. The molecule has 0 aliphatic heterocycles. The molecule has 130 valence electrons. The van der Waals surface area contributed by atoms with Gasteiger partial charge in [0.25, 0.3) is 0 Å². The Morgan fingerprint density at radius 1 is 0.583 bits per heavy atom. The molecule has 0 saturated carbocycles. The number of benzene rings is 2. The van der Waals surface area contributed by atoms with Crippen molar-refractivity contribution in [2.24, 2.45) is 11.8 Å². The molecular weight excluding hydrogens is 296 g/mol. The van der Waals surface area contributed by atoms with E-state index in [0.717, 1.165) is 38.5 Å². The van der Waals surface area contributed by atoms with E-state index >= 15 is 0 Å². The maximum atomic E-state index is 9.56. The van der Waals surface area contributed by atoms with Gasteiger partial charge in [-0.3, -0.25) is 0 Å². The van der Waals surface area contributed by atoms with Crippen LogP contribution >= 0.6 is 0 Å². The first-order valence-electron chi connectivity index (χ1n) is 9.13. The molecule has 0 aliphatic rings. The SMILES string of the molecule is OCCCC[C@H](Cc1ccccc1)[C@H](CCO)Cc1ccccc1. The number of rotatable bonds is 11. The lowest BCUT2D eigenvalue weighted by atomic mass is 9.78. The predicted octanol–water partition coefficient (Wildman–Crippen LogP) is 4.25. The van der Waals surface area contributed by atoms with Gasteiger partial charge in [0, 0.05) is 13.2 Å². The largest absolute Gasteiger partial charge is 0.396 e. The minimum Gasteiger partial charge on any atom is -0.396 e. The minimum atomic E-state index is 0.239. The standard InChI is InChI=1S/C22H30O2/c23-15-8-7-13-21(17-19-9-3-1-4-10-19)22(14-16-24)18-20-11-5-2-6-12-20/h1-6,9-12,21-24H,7-8,13-18H2/t21-,22-/m1/s1. The third kappa shape index (κ3) is 6.46. The van der Waals surface area contributed by atoms with Crippen LogP contribution in [0, 0.1) is 11.8 Å². The van der Waals surface area contributed by atoms with E-state index in [1.807, 2.05) is 6.07 Å². The second-order valence-corrected chi connectivity index (χ2v) is 6.63. The Hall–Kier alpha value is -1.64. The summed E-state index contributed by atoms with van der Waals surface area (Å²) in [5.74, 6) is 1.00. The van der Waals surface area contributed by atoms with Gasteiger partial charge in [-0.15, -0.1) is 0 Å². The molecule has 2 aromatic rings. The zero-order chi connectivity index (χ0) is 17.0. The fraction of sp³-hybridized carbons (Fsp3) is 0.455. The van der Waals surface area contributed by atoms with Gasteiger partial charge in [0.2, 0.25) is 0 Å². The Kier molecular flexibility index (Phi) is 8.58. The molecule has 0 fully saturated rings. The molecule has 0 bridgehead atoms. The molecule has 0 unspecified atom stereocenters. The third-order valence-corrected chi connectivity index (χ3v) is 4.83. The molecule has 2 N–H and O–H groups in total. The van der Waals surface area contributed by atoms with Crippen molar-refractivity contribution in [1.29, 1.82) is 0 Å². The third-order valence-electron chi connectivity index (χ3n) is 4.83. The van der Waals surface area contributed by atoms with E-state index in [-0.39, 0.29) is 13.2 Å². The van der Waals surface area contributed by atoms with E-state index in [2.05, 4.69) is 54.6 Å². The molecule has 0 heterocycles. The van der Waals surface area contributed by atoms with Crippen molar-refractivity contribution in [3.8, 4) is 0 Å². The molecule has 2 heteroatoms. The number of aliphatic hydroxyl groups excluding tert-OH is 2. The van der Waals surface area contributed by atoms with Crippen LogP contribution in [0.3, 0.4) is 0 Å². The van der Waals surface area contributed by atoms with Crippen molar-refractivity contribution >= 4 is 0 Å². The number of unbranched alkanes of at least 4 members (excludes halogenated alkanes) is 1. The number of aliphatic hydroxyl groups is 2. The molecule has 2 rings (SSSR count). The van der Waals surface area contributed by atoms with E-state index in [1.54, 1.807) is 0 Å². The highest BCUT2D eigenvalue weighted by atomic mass is 16.3. The zero-order valence-electron chi connectivity index (χ0n) is 14.5. The average molecular weight is 326 g/mol. The van der Waals surface area contributed by atoms with Gasteiger partial charge in [-0.05, 0) is 55.1 Å². The molecule has 0 amide bonds. The first-order valence-corrected chi connectivity index (χ1v) is 9.13. The summed E-state index contributed by atoms with van der Waals surface area (Å²) in [7, 11) is 0. The van der Waals surface area contributed by atoms with Crippen molar-refractivity contribution < 1.29 is 10.2 Å². The quantitative estimate of drug-likeness (QED) is 0.606. The number of hydrogen-bond acceptors (Lipinski definition) is 2. The Labute approximate surface area is 146 Å². The maximum absolute atomic E-state index is 9.56. The summed E-state index contributed by atoms with van der Waals surface area (Å²) in [6, 6.07) is 21.2. The normalized spacial score (nSPS) is 13.6. The van der Waals surface area contributed by atoms with Crippen molar-refractivity contribution in [2.45, 2.75) is 38.5 Å². The van der Waals surface area contributed by atoms with Crippen LogP contribution in [-0.2, 0) is 12.8 Å². The fourth-order valence-electron chi connectivity index (χ4n) is 3.53. The van der Waals surface area contributed by atoms with Gasteiger partial charge in [-0.25, -0.2) is 0 Å². The van der Waals surface area contributed by atoms with Crippen LogP contribution in [-0.4, -0.2) is 23.4 Å². The van der Waals surface area contributed by atoms with Gasteiger partial charge < -0.3 is 10.2 Å². The van der Waals surface area contributed by atoms with Gasteiger partial charge in [0.15, 0.2) is 0 Å². The fourth-order valence-corrected chi connectivity index (χ4v) is 3.53. The van der Waals surface area contributed by atoms with Crippen molar-refractivity contribution in [3.63, 3.8) is 0 Å². The van der Waals surface area contributed by atoms with E-state index < -0.39 is 0 Å². The summed E-state index contributed by atoms with van der Waals surface area (Å²) >= 11 is 0. The molecule has 0 saturated heterocycles. The highest BCUT2D eigenvalue weighted by Gasteiger charge is 2.21. The van der Waals surface area contributed by atoms with Crippen molar-refractivity contribution in [3.05, 3.63) is 71.8 Å². The van der Waals surface area contributed by atoms with Crippen LogP contribution in [0.2, 0.25) is 0 Å². The first kappa shape index (κ1) is 18.7. The van der Waals surface area contributed by atoms with E-state index in [0.29, 0.717) is 11.8 Å². The van der Waals surface area contributed by atoms with Crippen molar-refractivity contribution in [1.82, 2.24) is 0 Å². The van der Waals surface area contributed by atoms with Gasteiger partial charge in [0.05, 0.1) is 0 Å². The molecular formula is C22H30O2. The van der Waals surface area contributed by atoms with E-state index in [1.165, 1.54) is 11.1 Å². The Balaban J connectivity index is 2.09. The highest BCUT2D eigenvalue weighted by Crippen LogP contribution is 2.29. The highest BCUT2D eigenvalue weighted by molar-refractivity contribution is 5.17. The van der Waals surface area contributed by atoms with E-state index in [9.17, 15) is 5.11 Å². The number of hydrogen-bond donors (Lipinski definition) is 2. The average Bonchev–Trinajstić information content (AvgIpc) is 2.62. The summed E-state index contributed by atoms with van der Waals surface area (Å²) in [5, 5.41) is 18.7. The lowest BCUT2D eigenvalue weighted by molar-refractivity contribution is 0.203. The Morgan fingerprint density at radius 2 is 1.08 bits per heavy atom. The molecule has 0 radical (unpaired) electrons. The molecule has 24 heavy (non-hydrogen) atoms. The molecule has 2 atom stereocenters. The predicted molar refractivity (Wildman–Crippen MR) is 99.9 cm³/mol. The minimum absolute atomic E-state index is 0.239. The topological polar surface area (TPSA) is 40.5 Å². The molecule has 0 aromatic heterocycles. The zero-order valence-corrected chi connectivity index (χ0v) is 14.5. The van der Waals surface area contributed by atoms with Crippen LogP contribution in [0.25, 0.3) is 0 Å². The van der Waals surface area contributed by atoms with Crippen molar-refractivity contribution in [2.75, 3.05) is 13.2 Å². The molecule has 2 nitrogen and oxygen atoms in total. The summed E-state index contributed by atoms with van der Waals surface area (Å²) in [4.78, 5) is 0. The molecule has 0 aliphatic carbocycles. The van der Waals surface area contributed by atoms with Gasteiger partial charge in [0.1, 0.15) is 0 Å². The van der Waals surface area contributed by atoms with Crippen LogP contribution in [0.1, 0.15) is 36.8 Å². The Bertz CT molecular complexity index is 538. The second-order valence-electron chi connectivity index (χ2n) is 6.63. The van der Waals surface area contributed by atoms with Crippen LogP contribution in [0.15, 0.2) is 60.7 Å². The van der Waals surface area contributed by atoms with Gasteiger partial charge >= 0.3 is 0 Å².